The van der Waals surface area contributed by atoms with E-state index in [9.17, 15) is 5.26 Å². The summed E-state index contributed by atoms with van der Waals surface area (Å²) in [5.41, 5.74) is -0.383. The molecule has 0 spiro atoms. The predicted octanol–water partition coefficient (Wildman–Crippen LogP) is 1.54. The van der Waals surface area contributed by atoms with Crippen molar-refractivity contribution < 1.29 is 0 Å². The summed E-state index contributed by atoms with van der Waals surface area (Å²) >= 11 is 0. The summed E-state index contributed by atoms with van der Waals surface area (Å²) in [7, 11) is 6.33. The van der Waals surface area contributed by atoms with Gasteiger partial charge in [-0.15, -0.1) is 0 Å². The molecule has 4 heteroatoms. The summed E-state index contributed by atoms with van der Waals surface area (Å²) in [4.78, 5) is 4.52. The fourth-order valence-corrected chi connectivity index (χ4v) is 1.77. The molecule has 0 fully saturated rings. The van der Waals surface area contributed by atoms with Crippen LogP contribution >= 0.6 is 0 Å². The van der Waals surface area contributed by atoms with E-state index in [1.165, 1.54) is 6.42 Å². The van der Waals surface area contributed by atoms with Gasteiger partial charge in [-0.2, -0.15) is 5.26 Å². The smallest absolute Gasteiger partial charge is 0.105 e. The molecule has 0 bridgehead atoms. The van der Waals surface area contributed by atoms with Crippen molar-refractivity contribution in [2.75, 3.05) is 47.3 Å². The number of rotatable bonds is 10. The van der Waals surface area contributed by atoms with Crippen LogP contribution in [0.1, 0.15) is 33.1 Å². The lowest BCUT2D eigenvalue weighted by atomic mass is 9.99. The maximum atomic E-state index is 9.24. The lowest BCUT2D eigenvalue weighted by Gasteiger charge is -2.26. The summed E-state index contributed by atoms with van der Waals surface area (Å²) < 4.78 is 0. The zero-order chi connectivity index (χ0) is 14.0. The van der Waals surface area contributed by atoms with Gasteiger partial charge in [0.25, 0.3) is 0 Å². The van der Waals surface area contributed by atoms with Gasteiger partial charge in [-0.25, -0.2) is 0 Å². The van der Waals surface area contributed by atoms with Crippen LogP contribution < -0.4 is 5.32 Å². The molecule has 0 saturated carbocycles. The van der Waals surface area contributed by atoms with Crippen LogP contribution in [0.25, 0.3) is 0 Å². The van der Waals surface area contributed by atoms with Gasteiger partial charge in [0.05, 0.1) is 6.07 Å². The van der Waals surface area contributed by atoms with Crippen LogP contribution in [-0.2, 0) is 0 Å². The van der Waals surface area contributed by atoms with Crippen LogP contribution in [0.2, 0.25) is 0 Å². The molecule has 1 atom stereocenters. The van der Waals surface area contributed by atoms with Crippen molar-refractivity contribution >= 4 is 0 Å². The van der Waals surface area contributed by atoms with E-state index in [0.29, 0.717) is 0 Å². The molecule has 0 radical (unpaired) electrons. The number of hydrogen-bond acceptors (Lipinski definition) is 4. The van der Waals surface area contributed by atoms with Crippen molar-refractivity contribution in [3.63, 3.8) is 0 Å². The Hall–Kier alpha value is -0.630. The first-order valence-electron chi connectivity index (χ1n) is 6.93. The van der Waals surface area contributed by atoms with E-state index >= 15 is 0 Å². The van der Waals surface area contributed by atoms with Crippen molar-refractivity contribution in [3.05, 3.63) is 0 Å². The highest BCUT2D eigenvalue weighted by atomic mass is 15.1. The zero-order valence-electron chi connectivity index (χ0n) is 12.8. The molecule has 0 aromatic heterocycles. The quantitative estimate of drug-likeness (QED) is 0.642. The van der Waals surface area contributed by atoms with Crippen LogP contribution in [0, 0.1) is 11.3 Å². The lowest BCUT2D eigenvalue weighted by Crippen LogP contribution is -2.44. The Morgan fingerprint density at radius 1 is 1.17 bits per heavy atom. The first-order valence-corrected chi connectivity index (χ1v) is 6.93. The van der Waals surface area contributed by atoms with Crippen molar-refractivity contribution in [2.24, 2.45) is 0 Å². The summed E-state index contributed by atoms with van der Waals surface area (Å²) in [5.74, 6) is 0. The van der Waals surface area contributed by atoms with Gasteiger partial charge in [-0.05, 0) is 67.0 Å². The van der Waals surface area contributed by atoms with Gasteiger partial charge in [0, 0.05) is 6.54 Å². The van der Waals surface area contributed by atoms with Crippen LogP contribution in [0.5, 0.6) is 0 Å². The molecule has 0 aliphatic carbocycles. The minimum Gasteiger partial charge on any atom is -0.309 e. The number of nitriles is 1. The molecule has 1 unspecified atom stereocenters. The molecular formula is C14H30N4. The van der Waals surface area contributed by atoms with Crippen LogP contribution in [0.4, 0.5) is 0 Å². The van der Waals surface area contributed by atoms with Gasteiger partial charge in [0.15, 0.2) is 0 Å². The van der Waals surface area contributed by atoms with Gasteiger partial charge < -0.3 is 9.80 Å². The molecule has 0 rings (SSSR count). The number of nitrogens with zero attached hydrogens (tertiary/aromatic N) is 3. The molecule has 0 aromatic rings. The maximum Gasteiger partial charge on any atom is 0.105 e. The minimum absolute atomic E-state index is 0.383. The summed E-state index contributed by atoms with van der Waals surface area (Å²) in [6, 6.07) is 2.40. The largest absolute Gasteiger partial charge is 0.309 e. The number of hydrogen-bond donors (Lipinski definition) is 1. The summed E-state index contributed by atoms with van der Waals surface area (Å²) in [6.07, 6.45) is 3.12. The van der Waals surface area contributed by atoms with E-state index in [1.807, 2.05) is 6.92 Å². The second kappa shape index (κ2) is 9.32. The van der Waals surface area contributed by atoms with E-state index in [0.717, 1.165) is 39.0 Å². The predicted molar refractivity (Wildman–Crippen MR) is 77.6 cm³/mol. The summed E-state index contributed by atoms with van der Waals surface area (Å²) in [6.45, 7) is 8.21. The third kappa shape index (κ3) is 8.46. The van der Waals surface area contributed by atoms with Gasteiger partial charge in [-0.1, -0.05) is 6.92 Å². The Labute approximate surface area is 113 Å². The Kier molecular flexibility index (Phi) is 8.99. The third-order valence-electron chi connectivity index (χ3n) is 3.15. The standard InChI is InChI=1S/C14H30N4/c1-6-9-16-14(2,13-15)8-12-18(5)11-7-10-17(3)4/h16H,6-12H2,1-5H3. The Bertz CT molecular complexity index is 247. The van der Waals surface area contributed by atoms with Crippen LogP contribution in [0.3, 0.4) is 0 Å². The van der Waals surface area contributed by atoms with Gasteiger partial charge in [0.2, 0.25) is 0 Å². The van der Waals surface area contributed by atoms with Crippen LogP contribution in [0.15, 0.2) is 0 Å². The third-order valence-corrected chi connectivity index (χ3v) is 3.15. The van der Waals surface area contributed by atoms with Crippen molar-refractivity contribution in [1.29, 1.82) is 5.26 Å². The molecule has 0 aliphatic rings. The molecule has 18 heavy (non-hydrogen) atoms. The zero-order valence-corrected chi connectivity index (χ0v) is 12.8. The first kappa shape index (κ1) is 17.4. The molecule has 0 aromatic carbocycles. The Morgan fingerprint density at radius 2 is 1.83 bits per heavy atom. The van der Waals surface area contributed by atoms with Crippen molar-refractivity contribution in [3.8, 4) is 6.07 Å². The van der Waals surface area contributed by atoms with E-state index in [1.54, 1.807) is 0 Å². The second-order valence-corrected chi connectivity index (χ2v) is 5.58. The number of nitrogens with one attached hydrogen (secondary N) is 1. The molecule has 0 amide bonds. The van der Waals surface area contributed by atoms with Crippen molar-refractivity contribution in [2.45, 2.75) is 38.6 Å². The second-order valence-electron chi connectivity index (χ2n) is 5.58. The molecule has 106 valence electrons. The normalized spacial score (nSPS) is 14.8. The average Bonchev–Trinajstić information content (AvgIpc) is 2.33. The highest BCUT2D eigenvalue weighted by Crippen LogP contribution is 2.09. The fourth-order valence-electron chi connectivity index (χ4n) is 1.77. The van der Waals surface area contributed by atoms with E-state index < -0.39 is 0 Å². The molecule has 0 aliphatic heterocycles. The minimum atomic E-state index is -0.383. The molecule has 4 nitrogen and oxygen atoms in total. The highest BCUT2D eigenvalue weighted by Gasteiger charge is 2.22. The summed E-state index contributed by atoms with van der Waals surface area (Å²) in [5, 5.41) is 12.6. The van der Waals surface area contributed by atoms with Gasteiger partial charge >= 0.3 is 0 Å². The SMILES string of the molecule is CCCNC(C)(C#N)CCN(C)CCCN(C)C. The van der Waals surface area contributed by atoms with Gasteiger partial charge in [0.1, 0.15) is 5.54 Å². The van der Waals surface area contributed by atoms with Gasteiger partial charge in [-0.3, -0.25) is 5.32 Å². The molecule has 0 heterocycles. The topological polar surface area (TPSA) is 42.3 Å². The first-order chi connectivity index (χ1) is 8.43. The highest BCUT2D eigenvalue weighted by molar-refractivity contribution is 5.03. The Morgan fingerprint density at radius 3 is 2.33 bits per heavy atom. The van der Waals surface area contributed by atoms with E-state index in [2.05, 4.69) is 49.3 Å². The van der Waals surface area contributed by atoms with E-state index in [4.69, 9.17) is 0 Å². The van der Waals surface area contributed by atoms with Crippen molar-refractivity contribution in [1.82, 2.24) is 15.1 Å². The Balaban J connectivity index is 3.87. The lowest BCUT2D eigenvalue weighted by molar-refractivity contribution is 0.271. The average molecular weight is 254 g/mol. The van der Waals surface area contributed by atoms with Crippen LogP contribution in [-0.4, -0.2) is 62.7 Å². The molecule has 0 saturated heterocycles. The van der Waals surface area contributed by atoms with E-state index in [-0.39, 0.29) is 5.54 Å². The maximum absolute atomic E-state index is 9.24. The monoisotopic (exact) mass is 254 g/mol. The molecule has 1 N–H and O–H groups in total. The fraction of sp³-hybridized carbons (Fsp3) is 0.929. The molecular weight excluding hydrogens is 224 g/mol.